The van der Waals surface area contributed by atoms with Crippen molar-refractivity contribution < 1.29 is 43.5 Å². The van der Waals surface area contributed by atoms with E-state index in [1.807, 2.05) is 13.8 Å². The van der Waals surface area contributed by atoms with Crippen LogP contribution in [0.4, 0.5) is 0 Å². The molecule has 2 rings (SSSR count). The molecule has 1 aromatic carbocycles. The van der Waals surface area contributed by atoms with Gasteiger partial charge in [0.2, 0.25) is 41.4 Å². The largest absolute Gasteiger partial charge is 0.480 e. The first kappa shape index (κ1) is 44.1. The molecule has 1 saturated carbocycles. The fraction of sp³-hybridized carbons (Fsp3) is 0.622. The van der Waals surface area contributed by atoms with Crippen molar-refractivity contribution in [2.24, 2.45) is 17.6 Å². The Balaban J connectivity index is 2.34. The summed E-state index contributed by atoms with van der Waals surface area (Å²) >= 11 is 0. The quantitative estimate of drug-likeness (QED) is 0.0825. The fourth-order valence-corrected chi connectivity index (χ4v) is 6.18. The van der Waals surface area contributed by atoms with Crippen LogP contribution in [-0.4, -0.2) is 89.2 Å². The highest BCUT2D eigenvalue weighted by Gasteiger charge is 2.34. The Bertz CT molecular complexity index is 1420. The van der Waals surface area contributed by atoms with Crippen LogP contribution in [0, 0.1) is 11.8 Å². The van der Waals surface area contributed by atoms with Gasteiger partial charge >= 0.3 is 5.97 Å². The van der Waals surface area contributed by atoms with Gasteiger partial charge in [-0.15, -0.1) is 0 Å². The topological polar surface area (TPSA) is 255 Å². The number of hydrogen-bond acceptors (Lipinski definition) is 8. The van der Waals surface area contributed by atoms with Crippen molar-refractivity contribution in [3.63, 3.8) is 0 Å². The highest BCUT2D eigenvalue weighted by molar-refractivity contribution is 5.96. The molecule has 0 aliphatic heterocycles. The minimum Gasteiger partial charge on any atom is -0.480 e. The predicted octanol–water partition coefficient (Wildman–Crippen LogP) is 0.566. The standard InChI is InChI=1S/C37H57N7O9/c1-5-32(47)39-21-30(36(51)41-27(18-22(2)3)34(49)43-29(37(52)53)20-25-14-10-7-11-15-25)44-35(50)28(19-24-12-8-6-9-13-24)42-33(48)26(40-23(4)45)16-17-31(38)46/h7,10-11,14-15,22,24,26-30H,5-6,8-9,12-13,16-21H2,1-4H3,(H2,38,46)(H,39,47)(H,40,45)(H,41,51)(H,42,48)(H,43,49)(H,44,50)(H,52,53)/t26-,27-,28-,29-,30-/m0/s1. The molecular weight excluding hydrogens is 686 g/mol. The summed E-state index contributed by atoms with van der Waals surface area (Å²) in [5, 5.41) is 25.4. The van der Waals surface area contributed by atoms with Crippen LogP contribution in [0.1, 0.15) is 97.5 Å². The van der Waals surface area contributed by atoms with Gasteiger partial charge in [-0.2, -0.15) is 0 Å². The smallest absolute Gasteiger partial charge is 0.326 e. The van der Waals surface area contributed by atoms with Crippen molar-refractivity contribution in [2.45, 2.75) is 129 Å². The molecule has 0 spiro atoms. The van der Waals surface area contributed by atoms with Crippen molar-refractivity contribution in [3.8, 4) is 0 Å². The zero-order chi connectivity index (χ0) is 39.5. The number of nitrogens with two attached hydrogens (primary N) is 1. The summed E-state index contributed by atoms with van der Waals surface area (Å²) in [6, 6.07) is 2.56. The first-order valence-electron chi connectivity index (χ1n) is 18.4. The third kappa shape index (κ3) is 16.9. The van der Waals surface area contributed by atoms with E-state index in [2.05, 4.69) is 31.9 Å². The van der Waals surface area contributed by atoms with Crippen LogP contribution < -0.4 is 37.6 Å². The van der Waals surface area contributed by atoms with Crippen molar-refractivity contribution >= 4 is 47.3 Å². The number of amides is 7. The summed E-state index contributed by atoms with van der Waals surface area (Å²) in [5.41, 5.74) is 5.95. The van der Waals surface area contributed by atoms with E-state index in [1.165, 1.54) is 6.92 Å². The molecule has 0 heterocycles. The van der Waals surface area contributed by atoms with E-state index in [-0.39, 0.29) is 56.9 Å². The van der Waals surface area contributed by atoms with E-state index in [0.717, 1.165) is 32.1 Å². The second kappa shape index (κ2) is 22.8. The molecule has 294 valence electrons. The molecule has 0 bridgehead atoms. The number of hydrogen-bond donors (Lipinski definition) is 8. The number of benzene rings is 1. The molecule has 1 fully saturated rings. The Kier molecular flexibility index (Phi) is 19.0. The second-order valence-corrected chi connectivity index (χ2v) is 14.1. The van der Waals surface area contributed by atoms with Gasteiger partial charge in [0, 0.05) is 32.7 Å². The van der Waals surface area contributed by atoms with Gasteiger partial charge in [0.1, 0.15) is 30.2 Å². The molecule has 1 aliphatic carbocycles. The number of carbonyl (C=O) groups is 8. The zero-order valence-corrected chi connectivity index (χ0v) is 31.2. The lowest BCUT2D eigenvalue weighted by molar-refractivity contribution is -0.142. The Labute approximate surface area is 310 Å². The number of aliphatic carboxylic acids is 1. The van der Waals surface area contributed by atoms with E-state index in [9.17, 15) is 43.5 Å². The third-order valence-corrected chi connectivity index (χ3v) is 8.99. The molecule has 0 unspecified atom stereocenters. The lowest BCUT2D eigenvalue weighted by Gasteiger charge is -2.30. The van der Waals surface area contributed by atoms with Gasteiger partial charge in [0.25, 0.3) is 0 Å². The SMILES string of the molecule is CCC(=O)NC[C@H](NC(=O)[C@H](CC1CCCCC1)NC(=O)[C@H](CCC(N)=O)NC(C)=O)C(=O)N[C@@H](CC(C)C)C(=O)N[C@@H](Cc1ccccc1)C(=O)O. The summed E-state index contributed by atoms with van der Waals surface area (Å²) in [6.45, 7) is 6.12. The summed E-state index contributed by atoms with van der Waals surface area (Å²) < 4.78 is 0. The molecule has 5 atom stereocenters. The molecule has 7 amide bonds. The molecule has 1 aromatic rings. The van der Waals surface area contributed by atoms with Crippen molar-refractivity contribution in [3.05, 3.63) is 35.9 Å². The van der Waals surface area contributed by atoms with Gasteiger partial charge in [0.15, 0.2) is 0 Å². The number of nitrogens with one attached hydrogen (secondary N) is 6. The average Bonchev–Trinajstić information content (AvgIpc) is 3.10. The molecular formula is C37H57N7O9. The number of primary amides is 1. The average molecular weight is 744 g/mol. The Morgan fingerprint density at radius 3 is 1.87 bits per heavy atom. The lowest BCUT2D eigenvalue weighted by Crippen LogP contribution is -2.61. The minimum absolute atomic E-state index is 0.00537. The Morgan fingerprint density at radius 2 is 1.30 bits per heavy atom. The number of rotatable bonds is 22. The van der Waals surface area contributed by atoms with E-state index < -0.39 is 77.5 Å². The van der Waals surface area contributed by atoms with Crippen molar-refractivity contribution in [1.29, 1.82) is 0 Å². The van der Waals surface area contributed by atoms with E-state index in [4.69, 9.17) is 5.73 Å². The highest BCUT2D eigenvalue weighted by Crippen LogP contribution is 2.27. The van der Waals surface area contributed by atoms with Gasteiger partial charge < -0.3 is 42.7 Å². The number of carbonyl (C=O) groups excluding carboxylic acids is 7. The minimum atomic E-state index is -1.40. The van der Waals surface area contributed by atoms with Gasteiger partial charge in [-0.1, -0.05) is 83.2 Å². The molecule has 0 aromatic heterocycles. The van der Waals surface area contributed by atoms with Crippen LogP contribution in [0.3, 0.4) is 0 Å². The summed E-state index contributed by atoms with van der Waals surface area (Å²) in [6.07, 6.45) is 4.74. The van der Waals surface area contributed by atoms with E-state index in [0.29, 0.717) is 5.56 Å². The van der Waals surface area contributed by atoms with Gasteiger partial charge in [-0.05, 0) is 36.7 Å². The molecule has 1 aliphatic rings. The monoisotopic (exact) mass is 743 g/mol. The molecule has 16 heteroatoms. The fourth-order valence-electron chi connectivity index (χ4n) is 6.18. The van der Waals surface area contributed by atoms with Crippen LogP contribution in [-0.2, 0) is 44.8 Å². The third-order valence-electron chi connectivity index (χ3n) is 8.99. The normalized spacial score (nSPS) is 15.8. The van der Waals surface area contributed by atoms with Crippen molar-refractivity contribution in [2.75, 3.05) is 6.54 Å². The molecule has 0 saturated heterocycles. The van der Waals surface area contributed by atoms with Gasteiger partial charge in [-0.25, -0.2) is 4.79 Å². The van der Waals surface area contributed by atoms with Crippen LogP contribution in [0.5, 0.6) is 0 Å². The highest BCUT2D eigenvalue weighted by atomic mass is 16.4. The summed E-state index contributed by atoms with van der Waals surface area (Å²) in [5.74, 6) is -5.89. The first-order valence-corrected chi connectivity index (χ1v) is 18.4. The molecule has 53 heavy (non-hydrogen) atoms. The van der Waals surface area contributed by atoms with Crippen molar-refractivity contribution in [1.82, 2.24) is 31.9 Å². The van der Waals surface area contributed by atoms with E-state index >= 15 is 0 Å². The van der Waals surface area contributed by atoms with Gasteiger partial charge in [-0.3, -0.25) is 33.6 Å². The van der Waals surface area contributed by atoms with Crippen LogP contribution in [0.15, 0.2) is 30.3 Å². The summed E-state index contributed by atoms with van der Waals surface area (Å²) in [4.78, 5) is 102. The predicted molar refractivity (Wildman–Crippen MR) is 195 cm³/mol. The second-order valence-electron chi connectivity index (χ2n) is 14.1. The number of carboxylic acid groups (broad SMARTS) is 1. The maximum atomic E-state index is 14.0. The van der Waals surface area contributed by atoms with Crippen LogP contribution in [0.2, 0.25) is 0 Å². The van der Waals surface area contributed by atoms with Gasteiger partial charge in [0.05, 0.1) is 0 Å². The van der Waals surface area contributed by atoms with Crippen LogP contribution >= 0.6 is 0 Å². The van der Waals surface area contributed by atoms with E-state index in [1.54, 1.807) is 37.3 Å². The Hall–Kier alpha value is -5.02. The first-order chi connectivity index (χ1) is 25.1. The molecule has 9 N–H and O–H groups in total. The zero-order valence-electron chi connectivity index (χ0n) is 31.2. The lowest BCUT2D eigenvalue weighted by atomic mass is 9.84. The summed E-state index contributed by atoms with van der Waals surface area (Å²) in [7, 11) is 0. The maximum absolute atomic E-state index is 14.0. The molecule has 0 radical (unpaired) electrons. The Morgan fingerprint density at radius 1 is 0.755 bits per heavy atom. The maximum Gasteiger partial charge on any atom is 0.326 e. The number of carboxylic acids is 1. The molecule has 16 nitrogen and oxygen atoms in total. The van der Waals surface area contributed by atoms with Crippen LogP contribution in [0.25, 0.3) is 0 Å².